The zero-order chi connectivity index (χ0) is 7.40. The van der Waals surface area contributed by atoms with Crippen LogP contribution >= 0.6 is 0 Å². The maximum atomic E-state index is 4.94. The van der Waals surface area contributed by atoms with E-state index in [2.05, 4.69) is 4.98 Å². The molecule has 0 N–H and O–H groups in total. The van der Waals surface area contributed by atoms with E-state index in [1.54, 1.807) is 13.3 Å². The van der Waals surface area contributed by atoms with Gasteiger partial charge in [0.25, 0.3) is 0 Å². The lowest BCUT2D eigenvalue weighted by atomic mass is 9.78. The number of aromatic nitrogens is 1. The van der Waals surface area contributed by atoms with Gasteiger partial charge in [0.1, 0.15) is 5.75 Å². The second-order valence-corrected chi connectivity index (χ2v) is 1.91. The SMILES string of the molecule is C[B]c1ccc(OC)cn1. The highest BCUT2D eigenvalue weighted by Crippen LogP contribution is 2.02. The fourth-order valence-corrected chi connectivity index (χ4v) is 0.683. The second-order valence-electron chi connectivity index (χ2n) is 1.91. The van der Waals surface area contributed by atoms with Crippen LogP contribution < -0.4 is 10.3 Å². The van der Waals surface area contributed by atoms with Crippen molar-refractivity contribution < 1.29 is 4.74 Å². The molecule has 0 spiro atoms. The lowest BCUT2D eigenvalue weighted by Gasteiger charge is -1.98. The summed E-state index contributed by atoms with van der Waals surface area (Å²) in [4.78, 5) is 4.09. The highest BCUT2D eigenvalue weighted by atomic mass is 16.5. The Morgan fingerprint density at radius 2 is 2.30 bits per heavy atom. The van der Waals surface area contributed by atoms with E-state index in [0.717, 1.165) is 11.3 Å². The fourth-order valence-electron chi connectivity index (χ4n) is 0.683. The Labute approximate surface area is 61.5 Å². The Morgan fingerprint density at radius 3 is 2.70 bits per heavy atom. The summed E-state index contributed by atoms with van der Waals surface area (Å²) in [6.07, 6.45) is 1.70. The molecule has 1 aromatic heterocycles. The van der Waals surface area contributed by atoms with Crippen molar-refractivity contribution in [1.82, 2.24) is 4.98 Å². The van der Waals surface area contributed by atoms with Crippen molar-refractivity contribution in [2.75, 3.05) is 7.11 Å². The van der Waals surface area contributed by atoms with Gasteiger partial charge in [0.15, 0.2) is 7.28 Å². The molecule has 0 aliphatic heterocycles. The number of hydrogen-bond acceptors (Lipinski definition) is 2. The highest BCUT2D eigenvalue weighted by Gasteiger charge is 1.91. The Kier molecular flexibility index (Phi) is 2.32. The van der Waals surface area contributed by atoms with Crippen LogP contribution in [-0.4, -0.2) is 19.4 Å². The van der Waals surface area contributed by atoms with Crippen molar-refractivity contribution >= 4 is 12.9 Å². The molecule has 0 bridgehead atoms. The summed E-state index contributed by atoms with van der Waals surface area (Å²) >= 11 is 0. The first-order chi connectivity index (χ1) is 4.86. The molecular weight excluding hydrogens is 125 g/mol. The molecule has 0 atom stereocenters. The van der Waals surface area contributed by atoms with Crippen LogP contribution in [-0.2, 0) is 0 Å². The van der Waals surface area contributed by atoms with E-state index >= 15 is 0 Å². The minimum Gasteiger partial charge on any atom is -0.495 e. The molecule has 2 nitrogen and oxygen atoms in total. The molecule has 1 aromatic rings. The van der Waals surface area contributed by atoms with Crippen LogP contribution in [0.1, 0.15) is 0 Å². The largest absolute Gasteiger partial charge is 0.495 e. The maximum absolute atomic E-state index is 4.94. The molecule has 0 aromatic carbocycles. The summed E-state index contributed by atoms with van der Waals surface area (Å²) in [7, 11) is 3.58. The van der Waals surface area contributed by atoms with E-state index in [1.807, 2.05) is 26.2 Å². The van der Waals surface area contributed by atoms with Gasteiger partial charge in [0.05, 0.1) is 13.3 Å². The third-order valence-corrected chi connectivity index (χ3v) is 1.29. The average Bonchev–Trinajstić information content (AvgIpc) is 2.05. The molecule has 1 heterocycles. The number of hydrogen-bond donors (Lipinski definition) is 0. The van der Waals surface area contributed by atoms with Crippen molar-refractivity contribution in [1.29, 1.82) is 0 Å². The van der Waals surface area contributed by atoms with Crippen molar-refractivity contribution in [2.24, 2.45) is 0 Å². The number of methoxy groups -OCH3 is 1. The van der Waals surface area contributed by atoms with Crippen LogP contribution in [0.5, 0.6) is 5.75 Å². The first-order valence-electron chi connectivity index (χ1n) is 3.16. The molecule has 1 rings (SSSR count). The summed E-state index contributed by atoms with van der Waals surface area (Å²) in [6, 6.07) is 3.81. The van der Waals surface area contributed by atoms with Crippen LogP contribution in [0.4, 0.5) is 0 Å². The molecule has 0 saturated carbocycles. The monoisotopic (exact) mass is 134 g/mol. The van der Waals surface area contributed by atoms with E-state index in [9.17, 15) is 0 Å². The van der Waals surface area contributed by atoms with Gasteiger partial charge in [-0.2, -0.15) is 0 Å². The molecule has 10 heavy (non-hydrogen) atoms. The number of nitrogens with zero attached hydrogens (tertiary/aromatic N) is 1. The molecule has 1 radical (unpaired) electrons. The standard InChI is InChI=1S/C7H9BNO/c1-8-7-4-3-6(10-2)5-9-7/h3-5H,1-2H3. The smallest absolute Gasteiger partial charge is 0.174 e. The van der Waals surface area contributed by atoms with Crippen LogP contribution in [0.15, 0.2) is 18.3 Å². The Bertz CT molecular complexity index is 174. The first-order valence-corrected chi connectivity index (χ1v) is 3.16. The molecule has 3 heteroatoms. The third-order valence-electron chi connectivity index (χ3n) is 1.29. The lowest BCUT2D eigenvalue weighted by molar-refractivity contribution is 0.413. The Morgan fingerprint density at radius 1 is 1.50 bits per heavy atom. The Balaban J connectivity index is 2.80. The van der Waals surface area contributed by atoms with Gasteiger partial charge in [0, 0.05) is 0 Å². The first kappa shape index (κ1) is 7.13. The summed E-state index contributed by atoms with van der Waals surface area (Å²) in [5, 5.41) is 0. The summed E-state index contributed by atoms with van der Waals surface area (Å²) in [5.74, 6) is 0.797. The molecule has 0 aliphatic carbocycles. The average molecular weight is 134 g/mol. The predicted molar refractivity (Wildman–Crippen MR) is 42.0 cm³/mol. The molecule has 51 valence electrons. The molecule has 0 unspecified atom stereocenters. The van der Waals surface area contributed by atoms with Gasteiger partial charge in [-0.15, -0.1) is 0 Å². The summed E-state index contributed by atoms with van der Waals surface area (Å²) in [5.41, 5.74) is 0.973. The number of rotatable bonds is 2. The predicted octanol–water partition coefficient (Wildman–Crippen LogP) is 0.468. The van der Waals surface area contributed by atoms with E-state index in [-0.39, 0.29) is 0 Å². The zero-order valence-corrected chi connectivity index (χ0v) is 6.16. The highest BCUT2D eigenvalue weighted by molar-refractivity contribution is 6.50. The van der Waals surface area contributed by atoms with E-state index < -0.39 is 0 Å². The van der Waals surface area contributed by atoms with E-state index in [4.69, 9.17) is 4.74 Å². The van der Waals surface area contributed by atoms with Gasteiger partial charge >= 0.3 is 0 Å². The minimum atomic E-state index is 0.797. The topological polar surface area (TPSA) is 22.1 Å². The molecule has 0 aliphatic rings. The quantitative estimate of drug-likeness (QED) is 0.548. The zero-order valence-electron chi connectivity index (χ0n) is 6.16. The van der Waals surface area contributed by atoms with Crippen molar-refractivity contribution in [2.45, 2.75) is 6.82 Å². The van der Waals surface area contributed by atoms with Gasteiger partial charge in [-0.1, -0.05) is 6.82 Å². The second kappa shape index (κ2) is 3.25. The molecular formula is C7H9BNO. The Hall–Kier alpha value is -0.985. The summed E-state index contributed by atoms with van der Waals surface area (Å²) in [6.45, 7) is 1.95. The van der Waals surface area contributed by atoms with Gasteiger partial charge in [-0.3, -0.25) is 4.98 Å². The van der Waals surface area contributed by atoms with Gasteiger partial charge in [0.2, 0.25) is 0 Å². The van der Waals surface area contributed by atoms with Crippen LogP contribution in [0, 0.1) is 0 Å². The molecule has 0 saturated heterocycles. The van der Waals surface area contributed by atoms with E-state index in [0.29, 0.717) is 0 Å². The van der Waals surface area contributed by atoms with Gasteiger partial charge in [-0.05, 0) is 17.7 Å². The van der Waals surface area contributed by atoms with Crippen molar-refractivity contribution in [3.05, 3.63) is 18.3 Å². The van der Waals surface area contributed by atoms with Gasteiger partial charge < -0.3 is 4.74 Å². The molecule has 0 amide bonds. The van der Waals surface area contributed by atoms with E-state index in [1.165, 1.54) is 0 Å². The van der Waals surface area contributed by atoms with Crippen molar-refractivity contribution in [3.63, 3.8) is 0 Å². The number of pyridine rings is 1. The lowest BCUT2D eigenvalue weighted by Crippen LogP contribution is -2.13. The third kappa shape index (κ3) is 1.50. The summed E-state index contributed by atoms with van der Waals surface area (Å²) < 4.78 is 4.94. The minimum absolute atomic E-state index is 0.797. The van der Waals surface area contributed by atoms with Crippen molar-refractivity contribution in [3.8, 4) is 5.75 Å². The van der Waals surface area contributed by atoms with Crippen LogP contribution in [0.25, 0.3) is 0 Å². The maximum Gasteiger partial charge on any atom is 0.174 e. The fraction of sp³-hybridized carbons (Fsp3) is 0.286. The number of ether oxygens (including phenoxy) is 1. The molecule has 0 fully saturated rings. The van der Waals surface area contributed by atoms with Crippen LogP contribution in [0.3, 0.4) is 0 Å². The van der Waals surface area contributed by atoms with Gasteiger partial charge in [-0.25, -0.2) is 0 Å². The normalized spacial score (nSPS) is 9.00. The van der Waals surface area contributed by atoms with Crippen LogP contribution in [0.2, 0.25) is 6.82 Å².